The van der Waals surface area contributed by atoms with Crippen molar-refractivity contribution in [3.8, 4) is 0 Å². The fraction of sp³-hybridized carbons (Fsp3) is 0.500. The van der Waals surface area contributed by atoms with E-state index in [2.05, 4.69) is 13.5 Å². The number of hydrogen-bond donors (Lipinski definition) is 2. The molecule has 5 heteroatoms. The average molecular weight is 313 g/mol. The zero-order chi connectivity index (χ0) is 16.1. The van der Waals surface area contributed by atoms with Crippen molar-refractivity contribution >= 4 is 16.2 Å². The molecule has 0 fully saturated rings. The van der Waals surface area contributed by atoms with E-state index < -0.39 is 10.1 Å². The Balaban J connectivity index is 0.000000400. The second-order valence-electron chi connectivity index (χ2n) is 4.80. The van der Waals surface area contributed by atoms with Crippen LogP contribution < -0.4 is 5.73 Å². The van der Waals surface area contributed by atoms with E-state index in [9.17, 15) is 8.42 Å². The summed E-state index contributed by atoms with van der Waals surface area (Å²) in [4.78, 5) is -0.104. The number of hydrogen-bond acceptors (Lipinski definition) is 3. The molecule has 120 valence electrons. The molecule has 21 heavy (non-hydrogen) atoms. The zero-order valence-corrected chi connectivity index (χ0v) is 13.6. The minimum absolute atomic E-state index is 0.104. The van der Waals surface area contributed by atoms with Gasteiger partial charge in [0.2, 0.25) is 0 Å². The summed E-state index contributed by atoms with van der Waals surface area (Å²) in [7, 11) is -4.06. The highest BCUT2D eigenvalue weighted by molar-refractivity contribution is 7.85. The predicted molar refractivity (Wildman–Crippen MR) is 88.8 cm³/mol. The van der Waals surface area contributed by atoms with Gasteiger partial charge in [0, 0.05) is 0 Å². The minimum atomic E-state index is -4.06. The molecule has 0 aliphatic rings. The molecule has 3 N–H and O–H groups in total. The van der Waals surface area contributed by atoms with Crippen molar-refractivity contribution in [3.05, 3.63) is 36.4 Å². The van der Waals surface area contributed by atoms with Crippen molar-refractivity contribution in [2.24, 2.45) is 5.73 Å². The minimum Gasteiger partial charge on any atom is -0.330 e. The van der Waals surface area contributed by atoms with Crippen LogP contribution in [-0.4, -0.2) is 19.5 Å². The Morgan fingerprint density at radius 1 is 1.10 bits per heavy atom. The van der Waals surface area contributed by atoms with Gasteiger partial charge < -0.3 is 5.73 Å². The van der Waals surface area contributed by atoms with Gasteiger partial charge in [-0.25, -0.2) is 0 Å². The molecule has 0 saturated carbocycles. The van der Waals surface area contributed by atoms with Crippen LogP contribution in [0.15, 0.2) is 35.7 Å². The Hall–Kier alpha value is -1.17. The quantitative estimate of drug-likeness (QED) is 0.563. The Morgan fingerprint density at radius 3 is 2.05 bits per heavy atom. The van der Waals surface area contributed by atoms with Gasteiger partial charge in [-0.1, -0.05) is 63.8 Å². The Labute approximate surface area is 128 Å². The molecule has 1 aromatic carbocycles. The van der Waals surface area contributed by atoms with Crippen LogP contribution in [0, 0.1) is 0 Å². The van der Waals surface area contributed by atoms with Crippen LogP contribution >= 0.6 is 0 Å². The van der Waals surface area contributed by atoms with Crippen molar-refractivity contribution in [2.75, 3.05) is 6.54 Å². The van der Waals surface area contributed by atoms with Gasteiger partial charge >= 0.3 is 0 Å². The predicted octanol–water partition coefficient (Wildman–Crippen LogP) is 3.88. The van der Waals surface area contributed by atoms with E-state index in [-0.39, 0.29) is 4.90 Å². The number of nitrogens with two attached hydrogens (primary N) is 1. The highest BCUT2D eigenvalue weighted by atomic mass is 32.2. The molecule has 0 heterocycles. The lowest BCUT2D eigenvalue weighted by molar-refractivity contribution is 0.483. The third-order valence-corrected chi connectivity index (χ3v) is 3.84. The first-order valence-electron chi connectivity index (χ1n) is 7.35. The number of benzene rings is 1. The molecule has 0 bridgehead atoms. The average Bonchev–Trinajstić information content (AvgIpc) is 2.47. The van der Waals surface area contributed by atoms with E-state index in [1.807, 2.05) is 0 Å². The maximum atomic E-state index is 10.6. The molecule has 0 radical (unpaired) electrons. The summed E-state index contributed by atoms with van der Waals surface area (Å²) in [6, 6.07) is 5.78. The molecular weight excluding hydrogens is 286 g/mol. The summed E-state index contributed by atoms with van der Waals surface area (Å²) in [6.07, 6.45) is 9.64. The number of rotatable bonds is 8. The molecule has 0 aliphatic heterocycles. The molecule has 0 unspecified atom stereocenters. The summed E-state index contributed by atoms with van der Waals surface area (Å²) in [5, 5.41) is 0. The summed E-state index contributed by atoms with van der Waals surface area (Å²) in [6.45, 7) is 6.62. The molecule has 1 rings (SSSR count). The van der Waals surface area contributed by atoms with Crippen molar-refractivity contribution in [2.45, 2.75) is 50.3 Å². The first-order chi connectivity index (χ1) is 9.95. The highest BCUT2D eigenvalue weighted by Gasteiger charge is 2.07. The van der Waals surface area contributed by atoms with Crippen LogP contribution in [0.4, 0.5) is 0 Å². The molecule has 0 aliphatic carbocycles. The van der Waals surface area contributed by atoms with Gasteiger partial charge in [-0.2, -0.15) is 8.42 Å². The Morgan fingerprint density at radius 2 is 1.62 bits per heavy atom. The first kappa shape index (κ1) is 19.8. The van der Waals surface area contributed by atoms with E-state index in [1.54, 1.807) is 18.2 Å². The summed E-state index contributed by atoms with van der Waals surface area (Å²) < 4.78 is 29.7. The van der Waals surface area contributed by atoms with Crippen molar-refractivity contribution in [1.82, 2.24) is 0 Å². The maximum Gasteiger partial charge on any atom is 0.294 e. The van der Waals surface area contributed by atoms with Gasteiger partial charge in [0.25, 0.3) is 10.1 Å². The van der Waals surface area contributed by atoms with Gasteiger partial charge in [-0.05, 0) is 30.7 Å². The van der Waals surface area contributed by atoms with Gasteiger partial charge in [-0.15, -0.1) is 0 Å². The zero-order valence-electron chi connectivity index (χ0n) is 12.8. The first-order valence-corrected chi connectivity index (χ1v) is 8.79. The topological polar surface area (TPSA) is 80.4 Å². The van der Waals surface area contributed by atoms with Gasteiger partial charge in [-0.3, -0.25) is 4.55 Å². The third kappa shape index (κ3) is 10.2. The van der Waals surface area contributed by atoms with E-state index in [0.29, 0.717) is 0 Å². The van der Waals surface area contributed by atoms with E-state index >= 15 is 0 Å². The molecule has 1 aromatic rings. The monoisotopic (exact) mass is 313 g/mol. The van der Waals surface area contributed by atoms with Gasteiger partial charge in [0.15, 0.2) is 0 Å². The van der Waals surface area contributed by atoms with Crippen molar-refractivity contribution in [3.63, 3.8) is 0 Å². The van der Waals surface area contributed by atoms with E-state index in [0.717, 1.165) is 12.1 Å². The summed E-state index contributed by atoms with van der Waals surface area (Å²) in [5.74, 6) is 0. The molecule has 0 aromatic heterocycles. The fourth-order valence-corrected chi connectivity index (χ4v) is 2.18. The lowest BCUT2D eigenvalue weighted by Gasteiger charge is -1.96. The summed E-state index contributed by atoms with van der Waals surface area (Å²) in [5.41, 5.74) is 6.15. The number of unbranched alkanes of at least 4 members (excludes halogenated alkanes) is 5. The second kappa shape index (κ2) is 11.5. The van der Waals surface area contributed by atoms with Crippen LogP contribution in [0.25, 0.3) is 6.08 Å². The Bertz CT molecular complexity index is 475. The standard InChI is InChI=1S/C8H19N.C8H8O3S/c1-2-3-4-5-6-7-8-9;1-2-7-3-5-8(6-4-7)12(9,10)11/h2-9H2,1H3;2-6H,1H2,(H,9,10,11). The highest BCUT2D eigenvalue weighted by Crippen LogP contribution is 2.10. The van der Waals surface area contributed by atoms with Crippen molar-refractivity contribution < 1.29 is 13.0 Å². The van der Waals surface area contributed by atoms with Crippen LogP contribution in [0.5, 0.6) is 0 Å². The molecule has 0 spiro atoms. The lowest BCUT2D eigenvalue weighted by Crippen LogP contribution is -1.97. The molecule has 0 amide bonds. The van der Waals surface area contributed by atoms with Gasteiger partial charge in [0.1, 0.15) is 0 Å². The van der Waals surface area contributed by atoms with Crippen LogP contribution in [0.1, 0.15) is 51.0 Å². The molecule has 0 saturated heterocycles. The lowest BCUT2D eigenvalue weighted by atomic mass is 10.1. The SMILES string of the molecule is C=Cc1ccc(S(=O)(=O)O)cc1.CCCCCCCCN. The smallest absolute Gasteiger partial charge is 0.294 e. The second-order valence-corrected chi connectivity index (χ2v) is 6.23. The normalized spacial score (nSPS) is 10.6. The van der Waals surface area contributed by atoms with Gasteiger partial charge in [0.05, 0.1) is 4.90 Å². The van der Waals surface area contributed by atoms with E-state index in [4.69, 9.17) is 10.3 Å². The molecular formula is C16H27NO3S. The fourth-order valence-electron chi connectivity index (χ4n) is 1.70. The summed E-state index contributed by atoms with van der Waals surface area (Å²) >= 11 is 0. The van der Waals surface area contributed by atoms with Crippen LogP contribution in [0.2, 0.25) is 0 Å². The third-order valence-electron chi connectivity index (χ3n) is 2.97. The Kier molecular flexibility index (Phi) is 10.8. The van der Waals surface area contributed by atoms with Crippen LogP contribution in [-0.2, 0) is 10.1 Å². The largest absolute Gasteiger partial charge is 0.330 e. The molecule has 4 nitrogen and oxygen atoms in total. The van der Waals surface area contributed by atoms with Crippen LogP contribution in [0.3, 0.4) is 0 Å². The van der Waals surface area contributed by atoms with Crippen molar-refractivity contribution in [1.29, 1.82) is 0 Å². The maximum absolute atomic E-state index is 10.6. The van der Waals surface area contributed by atoms with E-state index in [1.165, 1.54) is 50.7 Å². The molecule has 0 atom stereocenters.